The Labute approximate surface area is 108 Å². The summed E-state index contributed by atoms with van der Waals surface area (Å²) in [6.07, 6.45) is 0.567. The summed E-state index contributed by atoms with van der Waals surface area (Å²) in [5.74, 6) is -0.920. The number of fused-ring (bicyclic) bond motifs is 3. The number of carboxylic acids is 1. The molecule has 0 aliphatic heterocycles. The van der Waals surface area contributed by atoms with Crippen molar-refractivity contribution < 1.29 is 9.90 Å². The number of aromatic amines is 1. The Morgan fingerprint density at radius 2 is 2.16 bits per heavy atom. The molecule has 1 atom stereocenters. The predicted molar refractivity (Wildman–Crippen MR) is 69.4 cm³/mol. The zero-order valence-electron chi connectivity index (χ0n) is 10.3. The Hall–Kier alpha value is -2.43. The fourth-order valence-electron chi connectivity index (χ4n) is 2.66. The van der Waals surface area contributed by atoms with Gasteiger partial charge < -0.3 is 5.11 Å². The Balaban J connectivity index is 2.37. The van der Waals surface area contributed by atoms with Gasteiger partial charge in [0.25, 0.3) is 0 Å². The van der Waals surface area contributed by atoms with Gasteiger partial charge in [0.15, 0.2) is 0 Å². The van der Waals surface area contributed by atoms with Crippen LogP contribution in [-0.2, 0) is 6.42 Å². The lowest BCUT2D eigenvalue weighted by molar-refractivity contribution is 0.0688. The van der Waals surface area contributed by atoms with Gasteiger partial charge in [-0.05, 0) is 17.9 Å². The van der Waals surface area contributed by atoms with Crippen LogP contribution in [0.2, 0.25) is 0 Å². The molecular formula is C14H12N2O3. The number of aromatic carboxylic acids is 1. The number of benzene rings is 1. The number of hydrogen-bond donors (Lipinski definition) is 2. The van der Waals surface area contributed by atoms with E-state index < -0.39 is 11.7 Å². The van der Waals surface area contributed by atoms with Crippen molar-refractivity contribution in [2.75, 3.05) is 0 Å². The molecule has 0 saturated carbocycles. The van der Waals surface area contributed by atoms with Crippen LogP contribution in [0.25, 0.3) is 11.3 Å². The highest BCUT2D eigenvalue weighted by Crippen LogP contribution is 2.38. The minimum Gasteiger partial charge on any atom is -0.477 e. The van der Waals surface area contributed by atoms with Crippen molar-refractivity contribution >= 4 is 5.97 Å². The van der Waals surface area contributed by atoms with Crippen molar-refractivity contribution in [1.29, 1.82) is 0 Å². The number of aromatic nitrogens is 2. The van der Waals surface area contributed by atoms with Crippen molar-refractivity contribution in [2.45, 2.75) is 19.3 Å². The third-order valence-electron chi connectivity index (χ3n) is 3.50. The molecule has 2 aromatic rings. The van der Waals surface area contributed by atoms with E-state index in [1.807, 2.05) is 31.2 Å². The molecule has 0 fully saturated rings. The second-order valence-electron chi connectivity index (χ2n) is 4.74. The molecule has 5 nitrogen and oxygen atoms in total. The Bertz CT molecular complexity index is 734. The molecule has 1 unspecified atom stereocenters. The van der Waals surface area contributed by atoms with Crippen LogP contribution in [0.15, 0.2) is 29.1 Å². The number of carboxylic acid groups (broad SMARTS) is 1. The van der Waals surface area contributed by atoms with E-state index in [4.69, 9.17) is 0 Å². The number of hydrogen-bond acceptors (Lipinski definition) is 3. The van der Waals surface area contributed by atoms with Gasteiger partial charge in [-0.1, -0.05) is 31.2 Å². The van der Waals surface area contributed by atoms with Crippen LogP contribution in [0.4, 0.5) is 0 Å². The zero-order valence-corrected chi connectivity index (χ0v) is 10.3. The molecule has 1 heterocycles. The number of nitrogens with zero attached hydrogens (tertiary/aromatic N) is 1. The topological polar surface area (TPSA) is 83.0 Å². The first-order valence-electron chi connectivity index (χ1n) is 6.03. The number of carbonyl (C=O) groups is 1. The summed E-state index contributed by atoms with van der Waals surface area (Å²) in [5.41, 5.74) is 2.39. The molecular weight excluding hydrogens is 244 g/mol. The van der Waals surface area contributed by atoms with Gasteiger partial charge in [0.2, 0.25) is 0 Å². The van der Waals surface area contributed by atoms with Crippen molar-refractivity contribution in [3.05, 3.63) is 51.6 Å². The molecule has 0 saturated heterocycles. The normalized spacial score (nSPS) is 16.6. The fraction of sp³-hybridized carbons (Fsp3) is 0.214. The summed E-state index contributed by atoms with van der Waals surface area (Å²) in [6, 6.07) is 7.67. The summed E-state index contributed by atoms with van der Waals surface area (Å²) in [5, 5.41) is 9.20. The van der Waals surface area contributed by atoms with Gasteiger partial charge in [-0.2, -0.15) is 4.98 Å². The summed E-state index contributed by atoms with van der Waals surface area (Å²) in [6.45, 7) is 2.04. The van der Waals surface area contributed by atoms with E-state index in [0.29, 0.717) is 17.7 Å². The highest BCUT2D eigenvalue weighted by atomic mass is 16.4. The second kappa shape index (κ2) is 4.05. The average molecular weight is 256 g/mol. The Morgan fingerprint density at radius 1 is 1.42 bits per heavy atom. The molecule has 0 bridgehead atoms. The molecule has 0 radical (unpaired) electrons. The van der Waals surface area contributed by atoms with Gasteiger partial charge >= 0.3 is 11.7 Å². The van der Waals surface area contributed by atoms with Crippen molar-refractivity contribution in [3.8, 4) is 11.3 Å². The SMILES string of the molecule is CC1Cc2c(nc(=O)[nH]c2C(=O)O)-c2ccccc21. The van der Waals surface area contributed by atoms with Crippen LogP contribution < -0.4 is 5.69 Å². The largest absolute Gasteiger partial charge is 0.477 e. The maximum Gasteiger partial charge on any atom is 0.352 e. The minimum absolute atomic E-state index is 0.0450. The maximum absolute atomic E-state index is 11.5. The standard InChI is InChI=1S/C14H12N2O3/c1-7-6-10-11(9-5-3-2-4-8(7)9)15-14(19)16-12(10)13(17)18/h2-5,7H,6H2,1H3,(H,17,18)(H,15,16,19). The minimum atomic E-state index is -1.12. The molecule has 2 N–H and O–H groups in total. The van der Waals surface area contributed by atoms with E-state index in [9.17, 15) is 14.7 Å². The summed E-state index contributed by atoms with van der Waals surface area (Å²) in [4.78, 5) is 29.1. The molecule has 1 aliphatic carbocycles. The lowest BCUT2D eigenvalue weighted by Gasteiger charge is -2.24. The van der Waals surface area contributed by atoms with E-state index in [2.05, 4.69) is 9.97 Å². The fourth-order valence-corrected chi connectivity index (χ4v) is 2.66. The first kappa shape index (κ1) is 11.6. The summed E-state index contributed by atoms with van der Waals surface area (Å²) < 4.78 is 0. The molecule has 1 aromatic carbocycles. The number of rotatable bonds is 1. The summed E-state index contributed by atoms with van der Waals surface area (Å²) in [7, 11) is 0. The number of H-pyrrole nitrogens is 1. The number of nitrogens with one attached hydrogen (secondary N) is 1. The van der Waals surface area contributed by atoms with Crippen LogP contribution in [-0.4, -0.2) is 21.0 Å². The second-order valence-corrected chi connectivity index (χ2v) is 4.74. The van der Waals surface area contributed by atoms with E-state index in [-0.39, 0.29) is 11.6 Å². The highest BCUT2D eigenvalue weighted by molar-refractivity contribution is 5.90. The Kier molecular flexibility index (Phi) is 2.48. The maximum atomic E-state index is 11.5. The molecule has 0 spiro atoms. The van der Waals surface area contributed by atoms with Crippen LogP contribution in [0, 0.1) is 0 Å². The van der Waals surface area contributed by atoms with Crippen LogP contribution in [0.5, 0.6) is 0 Å². The van der Waals surface area contributed by atoms with E-state index in [1.54, 1.807) is 0 Å². The molecule has 0 amide bonds. The van der Waals surface area contributed by atoms with Gasteiger partial charge in [-0.3, -0.25) is 4.98 Å². The molecule has 96 valence electrons. The van der Waals surface area contributed by atoms with Gasteiger partial charge in [0.1, 0.15) is 5.69 Å². The van der Waals surface area contributed by atoms with E-state index in [0.717, 1.165) is 11.1 Å². The third-order valence-corrected chi connectivity index (χ3v) is 3.50. The van der Waals surface area contributed by atoms with E-state index >= 15 is 0 Å². The van der Waals surface area contributed by atoms with Crippen molar-refractivity contribution in [3.63, 3.8) is 0 Å². The molecule has 1 aromatic heterocycles. The van der Waals surface area contributed by atoms with Gasteiger partial charge in [0.05, 0.1) is 5.69 Å². The van der Waals surface area contributed by atoms with Gasteiger partial charge in [-0.25, -0.2) is 9.59 Å². The van der Waals surface area contributed by atoms with Crippen molar-refractivity contribution in [1.82, 2.24) is 9.97 Å². The smallest absolute Gasteiger partial charge is 0.352 e. The molecule has 5 heteroatoms. The first-order chi connectivity index (χ1) is 9.08. The van der Waals surface area contributed by atoms with Crippen LogP contribution in [0.1, 0.15) is 34.5 Å². The lowest BCUT2D eigenvalue weighted by Crippen LogP contribution is -2.23. The van der Waals surface area contributed by atoms with Gasteiger partial charge in [0, 0.05) is 11.1 Å². The van der Waals surface area contributed by atoms with E-state index in [1.165, 1.54) is 0 Å². The lowest BCUT2D eigenvalue weighted by atomic mass is 9.81. The Morgan fingerprint density at radius 3 is 2.89 bits per heavy atom. The molecule has 1 aliphatic rings. The third kappa shape index (κ3) is 1.74. The monoisotopic (exact) mass is 256 g/mol. The highest BCUT2D eigenvalue weighted by Gasteiger charge is 2.27. The van der Waals surface area contributed by atoms with Crippen LogP contribution in [0.3, 0.4) is 0 Å². The van der Waals surface area contributed by atoms with Crippen molar-refractivity contribution in [2.24, 2.45) is 0 Å². The first-order valence-corrected chi connectivity index (χ1v) is 6.03. The average Bonchev–Trinajstić information content (AvgIpc) is 2.39. The predicted octanol–water partition coefficient (Wildman–Crippen LogP) is 1.79. The molecule has 19 heavy (non-hydrogen) atoms. The zero-order chi connectivity index (χ0) is 13.6. The van der Waals surface area contributed by atoms with Gasteiger partial charge in [-0.15, -0.1) is 0 Å². The summed E-state index contributed by atoms with van der Waals surface area (Å²) >= 11 is 0. The quantitative estimate of drug-likeness (QED) is 0.814. The molecule has 3 rings (SSSR count). The van der Waals surface area contributed by atoms with Crippen LogP contribution >= 0.6 is 0 Å².